The van der Waals surface area contributed by atoms with Crippen molar-refractivity contribution in [1.82, 2.24) is 10.2 Å². The number of urea groups is 1. The molecule has 1 heterocycles. The normalized spacial score (nSPS) is 21.8. The molecule has 1 aliphatic heterocycles. The zero-order chi connectivity index (χ0) is 9.84. The number of rotatable bonds is 3. The third kappa shape index (κ3) is 2.90. The van der Waals surface area contributed by atoms with Gasteiger partial charge in [-0.05, 0) is 6.42 Å². The van der Waals surface area contributed by atoms with E-state index in [1.165, 1.54) is 0 Å². The Bertz CT molecular complexity index is 219. The summed E-state index contributed by atoms with van der Waals surface area (Å²) in [5.74, 6) is -0.391. The standard InChI is InChI=1S/C7H14N4O2/c8-6(12)3-10-5-1-2-11(4-5)7(9)13/h5,10H,1-4H2,(H2,8,12)(H2,9,13). The number of likely N-dealkylation sites (tertiary alicyclic amines) is 1. The zero-order valence-corrected chi connectivity index (χ0v) is 7.32. The van der Waals surface area contributed by atoms with Crippen molar-refractivity contribution in [3.63, 3.8) is 0 Å². The molecule has 0 bridgehead atoms. The summed E-state index contributed by atoms with van der Waals surface area (Å²) in [7, 11) is 0. The molecule has 6 nitrogen and oxygen atoms in total. The largest absolute Gasteiger partial charge is 0.369 e. The number of hydrogen-bond donors (Lipinski definition) is 3. The Morgan fingerprint density at radius 3 is 2.62 bits per heavy atom. The van der Waals surface area contributed by atoms with Crippen LogP contribution in [0.25, 0.3) is 0 Å². The molecular weight excluding hydrogens is 172 g/mol. The summed E-state index contributed by atoms with van der Waals surface area (Å²) in [5.41, 5.74) is 10.0. The smallest absolute Gasteiger partial charge is 0.314 e. The first kappa shape index (κ1) is 9.79. The third-order valence-corrected chi connectivity index (χ3v) is 2.06. The minimum atomic E-state index is -0.414. The second-order valence-corrected chi connectivity index (χ2v) is 3.12. The van der Waals surface area contributed by atoms with E-state index in [4.69, 9.17) is 11.5 Å². The van der Waals surface area contributed by atoms with Gasteiger partial charge in [-0.25, -0.2) is 4.79 Å². The Kier molecular flexibility index (Phi) is 3.07. The molecule has 1 rings (SSSR count). The average molecular weight is 186 g/mol. The molecule has 0 aromatic rings. The lowest BCUT2D eigenvalue weighted by atomic mass is 10.2. The van der Waals surface area contributed by atoms with E-state index in [1.54, 1.807) is 4.90 Å². The Morgan fingerprint density at radius 1 is 1.46 bits per heavy atom. The summed E-state index contributed by atoms with van der Waals surface area (Å²) in [6, 6.07) is -0.275. The number of amides is 3. The van der Waals surface area contributed by atoms with E-state index in [0.717, 1.165) is 6.42 Å². The number of carbonyl (C=O) groups excluding carboxylic acids is 2. The summed E-state index contributed by atoms with van der Waals surface area (Å²) in [6.45, 7) is 1.35. The van der Waals surface area contributed by atoms with Crippen molar-refractivity contribution in [1.29, 1.82) is 0 Å². The van der Waals surface area contributed by atoms with Crippen LogP contribution in [0.4, 0.5) is 4.79 Å². The van der Waals surface area contributed by atoms with Crippen LogP contribution >= 0.6 is 0 Å². The van der Waals surface area contributed by atoms with Gasteiger partial charge in [-0.2, -0.15) is 0 Å². The molecule has 0 aliphatic carbocycles. The van der Waals surface area contributed by atoms with Crippen molar-refractivity contribution in [2.45, 2.75) is 12.5 Å². The van der Waals surface area contributed by atoms with Gasteiger partial charge >= 0.3 is 6.03 Å². The molecule has 1 fully saturated rings. The van der Waals surface area contributed by atoms with Crippen LogP contribution in [0.2, 0.25) is 0 Å². The Labute approximate surface area is 76.2 Å². The number of nitrogens with two attached hydrogens (primary N) is 2. The topological polar surface area (TPSA) is 101 Å². The van der Waals surface area contributed by atoms with Gasteiger partial charge in [0, 0.05) is 19.1 Å². The molecule has 13 heavy (non-hydrogen) atoms. The van der Waals surface area contributed by atoms with E-state index in [2.05, 4.69) is 5.32 Å². The molecule has 1 atom stereocenters. The van der Waals surface area contributed by atoms with Crippen LogP contribution in [-0.2, 0) is 4.79 Å². The van der Waals surface area contributed by atoms with Gasteiger partial charge in [-0.3, -0.25) is 4.79 Å². The molecule has 1 unspecified atom stereocenters. The Balaban J connectivity index is 2.25. The van der Waals surface area contributed by atoms with E-state index in [9.17, 15) is 9.59 Å². The first-order chi connectivity index (χ1) is 6.09. The molecular formula is C7H14N4O2. The summed E-state index contributed by atoms with van der Waals surface area (Å²) in [6.07, 6.45) is 0.816. The highest BCUT2D eigenvalue weighted by molar-refractivity contribution is 5.76. The SMILES string of the molecule is NC(=O)CNC1CCN(C(N)=O)C1. The van der Waals surface area contributed by atoms with Crippen LogP contribution in [0, 0.1) is 0 Å². The third-order valence-electron chi connectivity index (χ3n) is 2.06. The quantitative estimate of drug-likeness (QED) is 0.485. The molecule has 0 spiro atoms. The summed E-state index contributed by atoms with van der Waals surface area (Å²) >= 11 is 0. The van der Waals surface area contributed by atoms with Crippen LogP contribution in [0.1, 0.15) is 6.42 Å². The highest BCUT2D eigenvalue weighted by Gasteiger charge is 2.24. The van der Waals surface area contributed by atoms with E-state index < -0.39 is 11.9 Å². The van der Waals surface area contributed by atoms with E-state index in [-0.39, 0.29) is 12.6 Å². The fourth-order valence-corrected chi connectivity index (χ4v) is 1.37. The molecule has 0 aromatic carbocycles. The van der Waals surface area contributed by atoms with Gasteiger partial charge in [0.2, 0.25) is 5.91 Å². The van der Waals surface area contributed by atoms with Crippen molar-refractivity contribution in [3.05, 3.63) is 0 Å². The first-order valence-electron chi connectivity index (χ1n) is 4.15. The summed E-state index contributed by atoms with van der Waals surface area (Å²) < 4.78 is 0. The lowest BCUT2D eigenvalue weighted by molar-refractivity contribution is -0.117. The number of hydrogen-bond acceptors (Lipinski definition) is 3. The highest BCUT2D eigenvalue weighted by Crippen LogP contribution is 2.07. The first-order valence-corrected chi connectivity index (χ1v) is 4.15. The van der Waals surface area contributed by atoms with Gasteiger partial charge in [0.1, 0.15) is 0 Å². The van der Waals surface area contributed by atoms with Crippen molar-refractivity contribution >= 4 is 11.9 Å². The minimum absolute atomic E-state index is 0.139. The number of nitrogens with zero attached hydrogens (tertiary/aromatic N) is 1. The number of carbonyl (C=O) groups is 2. The summed E-state index contributed by atoms with van der Waals surface area (Å²) in [5, 5.41) is 2.94. The average Bonchev–Trinajstić information content (AvgIpc) is 2.48. The van der Waals surface area contributed by atoms with Crippen molar-refractivity contribution in [3.8, 4) is 0 Å². The van der Waals surface area contributed by atoms with Crippen LogP contribution in [-0.4, -0.2) is 42.5 Å². The molecule has 3 amide bonds. The maximum atomic E-state index is 10.7. The lowest BCUT2D eigenvalue weighted by Crippen LogP contribution is -2.40. The van der Waals surface area contributed by atoms with Crippen molar-refractivity contribution in [2.75, 3.05) is 19.6 Å². The predicted octanol–water partition coefficient (Wildman–Crippen LogP) is -1.79. The second kappa shape index (κ2) is 4.08. The summed E-state index contributed by atoms with van der Waals surface area (Å²) in [4.78, 5) is 22.7. The lowest BCUT2D eigenvalue weighted by Gasteiger charge is -2.13. The molecule has 6 heteroatoms. The van der Waals surface area contributed by atoms with Crippen LogP contribution in [0.5, 0.6) is 0 Å². The van der Waals surface area contributed by atoms with Gasteiger partial charge in [0.15, 0.2) is 0 Å². The number of primary amides is 2. The van der Waals surface area contributed by atoms with Crippen LogP contribution in [0.3, 0.4) is 0 Å². The predicted molar refractivity (Wildman–Crippen MR) is 46.8 cm³/mol. The molecule has 0 saturated carbocycles. The maximum absolute atomic E-state index is 10.7. The fraction of sp³-hybridized carbons (Fsp3) is 0.714. The zero-order valence-electron chi connectivity index (χ0n) is 7.32. The van der Waals surface area contributed by atoms with Crippen molar-refractivity contribution in [2.24, 2.45) is 11.5 Å². The molecule has 1 saturated heterocycles. The Morgan fingerprint density at radius 2 is 2.15 bits per heavy atom. The van der Waals surface area contributed by atoms with E-state index in [1.807, 2.05) is 0 Å². The molecule has 0 aromatic heterocycles. The van der Waals surface area contributed by atoms with E-state index in [0.29, 0.717) is 13.1 Å². The van der Waals surface area contributed by atoms with Gasteiger partial charge in [-0.15, -0.1) is 0 Å². The molecule has 5 N–H and O–H groups in total. The van der Waals surface area contributed by atoms with E-state index >= 15 is 0 Å². The van der Waals surface area contributed by atoms with Gasteiger partial charge in [0.25, 0.3) is 0 Å². The van der Waals surface area contributed by atoms with Crippen molar-refractivity contribution < 1.29 is 9.59 Å². The number of nitrogens with one attached hydrogen (secondary N) is 1. The van der Waals surface area contributed by atoms with Crippen LogP contribution < -0.4 is 16.8 Å². The van der Waals surface area contributed by atoms with Crippen LogP contribution in [0.15, 0.2) is 0 Å². The highest BCUT2D eigenvalue weighted by atomic mass is 16.2. The van der Waals surface area contributed by atoms with Gasteiger partial charge < -0.3 is 21.7 Å². The van der Waals surface area contributed by atoms with Gasteiger partial charge in [-0.1, -0.05) is 0 Å². The monoisotopic (exact) mass is 186 g/mol. The Hall–Kier alpha value is -1.30. The van der Waals surface area contributed by atoms with Gasteiger partial charge in [0.05, 0.1) is 6.54 Å². The molecule has 74 valence electrons. The molecule has 1 aliphatic rings. The minimum Gasteiger partial charge on any atom is -0.369 e. The second-order valence-electron chi connectivity index (χ2n) is 3.12. The fourth-order valence-electron chi connectivity index (χ4n) is 1.37. The molecule has 0 radical (unpaired) electrons. The maximum Gasteiger partial charge on any atom is 0.314 e.